The van der Waals surface area contributed by atoms with E-state index in [4.69, 9.17) is 14.2 Å². The predicted octanol–water partition coefficient (Wildman–Crippen LogP) is 0.210. The maximum absolute atomic E-state index is 9.89. The van der Waals surface area contributed by atoms with Gasteiger partial charge >= 0.3 is 0 Å². The molecular formula is C14H20O6. The number of hydrogen-bond acceptors (Lipinski definition) is 6. The smallest absolute Gasteiger partial charge is 0.229 e. The molecule has 1 aromatic carbocycles. The van der Waals surface area contributed by atoms with E-state index in [-0.39, 0.29) is 0 Å². The van der Waals surface area contributed by atoms with Crippen molar-refractivity contribution in [3.05, 3.63) is 23.8 Å². The first kappa shape index (κ1) is 15.1. The molecule has 1 aromatic rings. The summed E-state index contributed by atoms with van der Waals surface area (Å²) in [6.07, 6.45) is -5.46. The van der Waals surface area contributed by atoms with Gasteiger partial charge in [0.25, 0.3) is 0 Å². The SMILES string of the molecule is COc1cc(C)cc(OC2OC(C)C(O)C(O)C2O)c1. The number of hydrogen-bond donors (Lipinski definition) is 3. The summed E-state index contributed by atoms with van der Waals surface area (Å²) in [7, 11) is 1.55. The van der Waals surface area contributed by atoms with Crippen LogP contribution in [0.5, 0.6) is 11.5 Å². The lowest BCUT2D eigenvalue weighted by molar-refractivity contribution is -0.268. The van der Waals surface area contributed by atoms with Crippen LogP contribution in [0.1, 0.15) is 12.5 Å². The second kappa shape index (κ2) is 5.97. The van der Waals surface area contributed by atoms with E-state index < -0.39 is 30.7 Å². The highest BCUT2D eigenvalue weighted by Gasteiger charge is 2.43. The quantitative estimate of drug-likeness (QED) is 0.735. The molecule has 5 atom stereocenters. The largest absolute Gasteiger partial charge is 0.497 e. The van der Waals surface area contributed by atoms with Crippen LogP contribution in [-0.4, -0.2) is 53.1 Å². The molecule has 0 aromatic heterocycles. The molecule has 0 radical (unpaired) electrons. The molecule has 1 heterocycles. The molecule has 1 fully saturated rings. The second-order valence-corrected chi connectivity index (χ2v) is 4.99. The van der Waals surface area contributed by atoms with Gasteiger partial charge in [0, 0.05) is 6.07 Å². The highest BCUT2D eigenvalue weighted by atomic mass is 16.7. The fraction of sp³-hybridized carbons (Fsp3) is 0.571. The average molecular weight is 284 g/mol. The zero-order valence-electron chi connectivity index (χ0n) is 11.7. The third-order valence-corrected chi connectivity index (χ3v) is 3.32. The number of rotatable bonds is 3. The zero-order valence-corrected chi connectivity index (χ0v) is 11.7. The van der Waals surface area contributed by atoms with Gasteiger partial charge in [-0.15, -0.1) is 0 Å². The Morgan fingerprint density at radius 3 is 2.30 bits per heavy atom. The highest BCUT2D eigenvalue weighted by molar-refractivity contribution is 5.37. The van der Waals surface area contributed by atoms with Gasteiger partial charge in [0.1, 0.15) is 29.8 Å². The van der Waals surface area contributed by atoms with Gasteiger partial charge in [0.15, 0.2) is 0 Å². The van der Waals surface area contributed by atoms with Crippen molar-refractivity contribution in [2.45, 2.75) is 44.6 Å². The minimum atomic E-state index is -1.33. The van der Waals surface area contributed by atoms with Crippen LogP contribution in [0.4, 0.5) is 0 Å². The molecule has 1 aliphatic heterocycles. The lowest BCUT2D eigenvalue weighted by atomic mass is 10.00. The summed E-state index contributed by atoms with van der Waals surface area (Å²) in [5, 5.41) is 29.2. The van der Waals surface area contributed by atoms with E-state index in [9.17, 15) is 15.3 Å². The molecule has 0 saturated carbocycles. The predicted molar refractivity (Wildman–Crippen MR) is 70.7 cm³/mol. The Balaban J connectivity index is 2.15. The van der Waals surface area contributed by atoms with Crippen LogP contribution in [-0.2, 0) is 4.74 Å². The molecule has 5 unspecified atom stereocenters. The molecule has 20 heavy (non-hydrogen) atoms. The summed E-state index contributed by atoms with van der Waals surface area (Å²) < 4.78 is 16.1. The maximum Gasteiger partial charge on any atom is 0.229 e. The fourth-order valence-corrected chi connectivity index (χ4v) is 2.14. The summed E-state index contributed by atoms with van der Waals surface area (Å²) in [5.41, 5.74) is 0.929. The Hall–Kier alpha value is -1.34. The molecule has 0 aliphatic carbocycles. The van der Waals surface area contributed by atoms with Crippen LogP contribution in [0.25, 0.3) is 0 Å². The fourth-order valence-electron chi connectivity index (χ4n) is 2.14. The van der Waals surface area contributed by atoms with Crippen molar-refractivity contribution in [2.24, 2.45) is 0 Å². The van der Waals surface area contributed by atoms with Crippen molar-refractivity contribution in [1.29, 1.82) is 0 Å². The molecule has 3 N–H and O–H groups in total. The third kappa shape index (κ3) is 3.04. The van der Waals surface area contributed by atoms with Gasteiger partial charge in [-0.05, 0) is 31.5 Å². The standard InChI is InChI=1S/C14H20O6/c1-7-4-9(18-3)6-10(5-7)20-14-13(17)12(16)11(15)8(2)19-14/h4-6,8,11-17H,1-3H3. The van der Waals surface area contributed by atoms with Gasteiger partial charge in [0.2, 0.25) is 6.29 Å². The molecule has 112 valence electrons. The average Bonchev–Trinajstić information content (AvgIpc) is 2.41. The van der Waals surface area contributed by atoms with Crippen molar-refractivity contribution in [3.8, 4) is 11.5 Å². The normalized spacial score (nSPS) is 33.8. The molecule has 0 amide bonds. The summed E-state index contributed by atoms with van der Waals surface area (Å²) >= 11 is 0. The number of ether oxygens (including phenoxy) is 3. The molecule has 0 bridgehead atoms. The van der Waals surface area contributed by atoms with E-state index >= 15 is 0 Å². The summed E-state index contributed by atoms with van der Waals surface area (Å²) in [5.74, 6) is 1.08. The molecule has 0 spiro atoms. The Morgan fingerprint density at radius 1 is 1.00 bits per heavy atom. The first-order chi connectivity index (χ1) is 9.42. The molecule has 2 rings (SSSR count). The summed E-state index contributed by atoms with van der Waals surface area (Å²) in [6, 6.07) is 5.26. The lowest BCUT2D eigenvalue weighted by Crippen LogP contribution is -2.58. The minimum absolute atomic E-state index is 0.460. The molecule has 1 aliphatic rings. The monoisotopic (exact) mass is 284 g/mol. The van der Waals surface area contributed by atoms with Gasteiger partial charge in [0.05, 0.1) is 13.2 Å². The topological polar surface area (TPSA) is 88.4 Å². The van der Waals surface area contributed by atoms with Gasteiger partial charge in [-0.3, -0.25) is 0 Å². The van der Waals surface area contributed by atoms with E-state index in [0.29, 0.717) is 11.5 Å². The molecule has 1 saturated heterocycles. The van der Waals surface area contributed by atoms with Crippen LogP contribution in [0, 0.1) is 6.92 Å². The van der Waals surface area contributed by atoms with Crippen LogP contribution in [0.15, 0.2) is 18.2 Å². The van der Waals surface area contributed by atoms with Gasteiger partial charge in [-0.2, -0.15) is 0 Å². The summed E-state index contributed by atoms with van der Waals surface area (Å²) in [4.78, 5) is 0. The van der Waals surface area contributed by atoms with E-state index in [2.05, 4.69) is 0 Å². The van der Waals surface area contributed by atoms with Gasteiger partial charge in [-0.25, -0.2) is 0 Å². The Labute approximate surface area is 117 Å². The minimum Gasteiger partial charge on any atom is -0.497 e. The van der Waals surface area contributed by atoms with Crippen molar-refractivity contribution in [3.63, 3.8) is 0 Å². The van der Waals surface area contributed by atoms with Crippen LogP contribution < -0.4 is 9.47 Å². The summed E-state index contributed by atoms with van der Waals surface area (Å²) in [6.45, 7) is 3.49. The number of aliphatic hydroxyl groups excluding tert-OH is 3. The van der Waals surface area contributed by atoms with Gasteiger partial charge in [-0.1, -0.05) is 0 Å². The molecular weight excluding hydrogens is 264 g/mol. The maximum atomic E-state index is 9.89. The number of methoxy groups -OCH3 is 1. The van der Waals surface area contributed by atoms with Crippen molar-refractivity contribution in [2.75, 3.05) is 7.11 Å². The number of aliphatic hydroxyl groups is 3. The van der Waals surface area contributed by atoms with Crippen LogP contribution in [0.3, 0.4) is 0 Å². The van der Waals surface area contributed by atoms with E-state index in [1.165, 1.54) is 0 Å². The van der Waals surface area contributed by atoms with Crippen molar-refractivity contribution >= 4 is 0 Å². The first-order valence-corrected chi connectivity index (χ1v) is 6.44. The lowest BCUT2D eigenvalue weighted by Gasteiger charge is -2.38. The zero-order chi connectivity index (χ0) is 14.9. The Bertz CT molecular complexity index is 463. The Kier molecular flexibility index (Phi) is 4.49. The van der Waals surface area contributed by atoms with Crippen LogP contribution in [0.2, 0.25) is 0 Å². The van der Waals surface area contributed by atoms with E-state index in [0.717, 1.165) is 5.56 Å². The number of benzene rings is 1. The third-order valence-electron chi connectivity index (χ3n) is 3.32. The highest BCUT2D eigenvalue weighted by Crippen LogP contribution is 2.27. The first-order valence-electron chi connectivity index (χ1n) is 6.44. The van der Waals surface area contributed by atoms with Crippen molar-refractivity contribution in [1.82, 2.24) is 0 Å². The van der Waals surface area contributed by atoms with Crippen molar-refractivity contribution < 1.29 is 29.5 Å². The van der Waals surface area contributed by atoms with Crippen LogP contribution >= 0.6 is 0 Å². The molecule has 6 nitrogen and oxygen atoms in total. The van der Waals surface area contributed by atoms with E-state index in [1.54, 1.807) is 26.2 Å². The van der Waals surface area contributed by atoms with E-state index in [1.807, 2.05) is 13.0 Å². The van der Waals surface area contributed by atoms with Gasteiger partial charge < -0.3 is 29.5 Å². The number of aryl methyl sites for hydroxylation is 1. The Morgan fingerprint density at radius 2 is 1.65 bits per heavy atom. The second-order valence-electron chi connectivity index (χ2n) is 4.99. The molecule has 6 heteroatoms.